The number of nitrogens with zero attached hydrogens (tertiary/aromatic N) is 2. The Balaban J connectivity index is 2.12. The van der Waals surface area contributed by atoms with Gasteiger partial charge in [-0.25, -0.2) is 5.01 Å². The fraction of sp³-hybridized carbons (Fsp3) is 0.438. The van der Waals surface area contributed by atoms with E-state index in [1.54, 1.807) is 32.0 Å². The van der Waals surface area contributed by atoms with Crippen LogP contribution in [0.5, 0.6) is 5.75 Å². The number of ether oxygens (including phenoxy) is 1. The van der Waals surface area contributed by atoms with Crippen molar-refractivity contribution in [3.8, 4) is 11.8 Å². The smallest absolute Gasteiger partial charge is 0.242 e. The number of hydrogen-bond acceptors (Lipinski definition) is 5. The maximum absolute atomic E-state index is 12.3. The molecular formula is C16H17N3O4. The average Bonchev–Trinajstić information content (AvgIpc) is 2.51. The number of carbonyl (C=O) groups excluding carboxylic acids is 2. The van der Waals surface area contributed by atoms with Crippen molar-refractivity contribution < 1.29 is 19.4 Å². The number of carbonyl (C=O) groups is 2. The van der Waals surface area contributed by atoms with Gasteiger partial charge in [-0.15, -0.1) is 0 Å². The third-order valence-electron chi connectivity index (χ3n) is 4.20. The highest BCUT2D eigenvalue weighted by atomic mass is 16.5. The molecule has 3 rings (SSSR count). The summed E-state index contributed by atoms with van der Waals surface area (Å²) in [6.45, 7) is 3.42. The van der Waals surface area contributed by atoms with Crippen LogP contribution in [0.3, 0.4) is 0 Å². The van der Waals surface area contributed by atoms with Crippen molar-refractivity contribution in [3.05, 3.63) is 29.3 Å². The zero-order chi connectivity index (χ0) is 16.8. The van der Waals surface area contributed by atoms with Gasteiger partial charge in [0.15, 0.2) is 0 Å². The van der Waals surface area contributed by atoms with Crippen molar-refractivity contribution in [2.75, 3.05) is 0 Å². The highest BCUT2D eigenvalue weighted by molar-refractivity contribution is 5.89. The molecule has 2 heterocycles. The SMILES string of the molecule is CC1(C)Oc2ccc(C#N)cc2C(N2NC(=O)CCC2=O)C1O. The number of nitrogens with one attached hydrogen (secondary N) is 1. The van der Waals surface area contributed by atoms with E-state index in [-0.39, 0.29) is 24.7 Å². The molecule has 0 aliphatic carbocycles. The van der Waals surface area contributed by atoms with Gasteiger partial charge in [0.1, 0.15) is 23.5 Å². The van der Waals surface area contributed by atoms with E-state index in [0.29, 0.717) is 16.9 Å². The van der Waals surface area contributed by atoms with Crippen LogP contribution >= 0.6 is 0 Å². The molecular weight excluding hydrogens is 298 g/mol. The molecule has 0 spiro atoms. The van der Waals surface area contributed by atoms with Crippen LogP contribution in [-0.2, 0) is 9.59 Å². The summed E-state index contributed by atoms with van der Waals surface area (Å²) >= 11 is 0. The van der Waals surface area contributed by atoms with Crippen LogP contribution in [0.1, 0.15) is 43.9 Å². The maximum Gasteiger partial charge on any atom is 0.242 e. The molecule has 2 aliphatic rings. The van der Waals surface area contributed by atoms with Gasteiger partial charge < -0.3 is 9.84 Å². The summed E-state index contributed by atoms with van der Waals surface area (Å²) in [4.78, 5) is 23.9. The van der Waals surface area contributed by atoms with Crippen LogP contribution in [0.4, 0.5) is 0 Å². The van der Waals surface area contributed by atoms with Crippen LogP contribution in [0.15, 0.2) is 18.2 Å². The van der Waals surface area contributed by atoms with E-state index in [1.165, 1.54) is 5.01 Å². The fourth-order valence-corrected chi connectivity index (χ4v) is 2.93. The Bertz CT molecular complexity index is 723. The van der Waals surface area contributed by atoms with Gasteiger partial charge in [0.25, 0.3) is 0 Å². The number of fused-ring (bicyclic) bond motifs is 1. The van der Waals surface area contributed by atoms with Crippen LogP contribution in [0.2, 0.25) is 0 Å². The topological polar surface area (TPSA) is 103 Å². The predicted octanol–water partition coefficient (Wildman–Crippen LogP) is 0.785. The highest BCUT2D eigenvalue weighted by Crippen LogP contribution is 2.43. The number of aliphatic hydroxyl groups excluding tert-OH is 1. The monoisotopic (exact) mass is 315 g/mol. The van der Waals surface area contributed by atoms with Crippen molar-refractivity contribution in [3.63, 3.8) is 0 Å². The fourth-order valence-electron chi connectivity index (χ4n) is 2.93. The second kappa shape index (κ2) is 5.25. The van der Waals surface area contributed by atoms with Gasteiger partial charge in [-0.05, 0) is 32.0 Å². The number of hydrogen-bond donors (Lipinski definition) is 2. The van der Waals surface area contributed by atoms with Crippen molar-refractivity contribution in [2.45, 2.75) is 44.4 Å². The molecule has 0 radical (unpaired) electrons. The normalized spacial score (nSPS) is 25.9. The Morgan fingerprint density at radius 3 is 2.83 bits per heavy atom. The maximum atomic E-state index is 12.3. The Kier molecular flexibility index (Phi) is 3.49. The summed E-state index contributed by atoms with van der Waals surface area (Å²) in [6.07, 6.45) is -0.849. The van der Waals surface area contributed by atoms with E-state index < -0.39 is 17.7 Å². The van der Waals surface area contributed by atoms with E-state index in [4.69, 9.17) is 10.00 Å². The first-order chi connectivity index (χ1) is 10.8. The van der Waals surface area contributed by atoms with Gasteiger partial charge in [0, 0.05) is 18.4 Å². The van der Waals surface area contributed by atoms with Gasteiger partial charge in [0.2, 0.25) is 11.8 Å². The molecule has 0 saturated carbocycles. The molecule has 1 fully saturated rings. The largest absolute Gasteiger partial charge is 0.485 e. The summed E-state index contributed by atoms with van der Waals surface area (Å²) in [7, 11) is 0. The lowest BCUT2D eigenvalue weighted by molar-refractivity contribution is -0.161. The molecule has 7 nitrogen and oxygen atoms in total. The number of rotatable bonds is 1. The van der Waals surface area contributed by atoms with Gasteiger partial charge in [-0.1, -0.05) is 0 Å². The Morgan fingerprint density at radius 1 is 1.39 bits per heavy atom. The van der Waals surface area contributed by atoms with Crippen molar-refractivity contribution >= 4 is 11.8 Å². The highest BCUT2D eigenvalue weighted by Gasteiger charge is 2.48. The van der Waals surface area contributed by atoms with Gasteiger partial charge in [-0.2, -0.15) is 5.26 Å². The summed E-state index contributed by atoms with van der Waals surface area (Å²) in [5, 5.41) is 21.0. The molecule has 2 atom stereocenters. The molecule has 0 aromatic heterocycles. The lowest BCUT2D eigenvalue weighted by atomic mass is 9.85. The second-order valence-electron chi connectivity index (χ2n) is 6.26. The molecule has 0 bridgehead atoms. The standard InChI is InChI=1S/C16H17N3O4/c1-16(2)15(22)14(19-13(21)6-5-12(20)18-19)10-7-9(8-17)3-4-11(10)23-16/h3-4,7,14-15,22H,5-6H2,1-2H3,(H,18,20). The molecule has 7 heteroatoms. The minimum absolute atomic E-state index is 0.0869. The zero-order valence-electron chi connectivity index (χ0n) is 12.9. The van der Waals surface area contributed by atoms with Crippen LogP contribution < -0.4 is 10.2 Å². The van der Waals surface area contributed by atoms with E-state index in [0.717, 1.165) is 0 Å². The number of nitriles is 1. The number of amides is 2. The molecule has 1 saturated heterocycles. The molecule has 1 aromatic rings. The number of benzene rings is 1. The van der Waals surface area contributed by atoms with Crippen LogP contribution in [0.25, 0.3) is 0 Å². The third-order valence-corrected chi connectivity index (χ3v) is 4.20. The van der Waals surface area contributed by atoms with E-state index in [1.807, 2.05) is 6.07 Å². The molecule has 23 heavy (non-hydrogen) atoms. The molecule has 2 unspecified atom stereocenters. The first kappa shape index (κ1) is 15.3. The minimum atomic E-state index is -1.06. The van der Waals surface area contributed by atoms with Crippen LogP contribution in [0, 0.1) is 11.3 Å². The van der Waals surface area contributed by atoms with Crippen molar-refractivity contribution in [1.29, 1.82) is 5.26 Å². The van der Waals surface area contributed by atoms with Crippen molar-refractivity contribution in [1.82, 2.24) is 10.4 Å². The zero-order valence-corrected chi connectivity index (χ0v) is 12.9. The molecule has 2 N–H and O–H groups in total. The summed E-state index contributed by atoms with van der Waals surface area (Å²) in [5.41, 5.74) is 2.47. The summed E-state index contributed by atoms with van der Waals surface area (Å²) < 4.78 is 5.80. The Labute approximate surface area is 133 Å². The molecule has 120 valence electrons. The quantitative estimate of drug-likeness (QED) is 0.797. The first-order valence-electron chi connectivity index (χ1n) is 7.36. The van der Waals surface area contributed by atoms with Gasteiger partial charge >= 0.3 is 0 Å². The van der Waals surface area contributed by atoms with Crippen molar-refractivity contribution in [2.24, 2.45) is 0 Å². The second-order valence-corrected chi connectivity index (χ2v) is 6.26. The lowest BCUT2D eigenvalue weighted by Gasteiger charge is -2.46. The first-order valence-corrected chi connectivity index (χ1v) is 7.36. The predicted molar refractivity (Wildman–Crippen MR) is 78.8 cm³/mol. The lowest BCUT2D eigenvalue weighted by Crippen LogP contribution is -2.60. The van der Waals surface area contributed by atoms with E-state index in [9.17, 15) is 14.7 Å². The summed E-state index contributed by atoms with van der Waals surface area (Å²) in [6, 6.07) is 6.05. The number of aliphatic hydroxyl groups is 1. The number of hydrazine groups is 1. The third kappa shape index (κ3) is 2.51. The van der Waals surface area contributed by atoms with E-state index in [2.05, 4.69) is 5.43 Å². The average molecular weight is 315 g/mol. The van der Waals surface area contributed by atoms with Gasteiger partial charge in [-0.3, -0.25) is 15.0 Å². The van der Waals surface area contributed by atoms with E-state index >= 15 is 0 Å². The molecule has 1 aromatic carbocycles. The molecule has 2 amide bonds. The van der Waals surface area contributed by atoms with Crippen LogP contribution in [-0.4, -0.2) is 33.6 Å². The minimum Gasteiger partial charge on any atom is -0.485 e. The van der Waals surface area contributed by atoms with Gasteiger partial charge in [0.05, 0.1) is 11.6 Å². The molecule has 2 aliphatic heterocycles. The Morgan fingerprint density at radius 2 is 2.13 bits per heavy atom. The Hall–Kier alpha value is -2.59. The summed E-state index contributed by atoms with van der Waals surface area (Å²) in [5.74, 6) is -0.0735.